The summed E-state index contributed by atoms with van der Waals surface area (Å²) in [6.45, 7) is 12.4. The number of phenolic OH excluding ortho intramolecular Hbond substituents is 1. The molecule has 1 atom stereocenters. The van der Waals surface area contributed by atoms with Crippen LogP contribution in [0.2, 0.25) is 0 Å². The van der Waals surface area contributed by atoms with Gasteiger partial charge in [-0.1, -0.05) is 44.2 Å². The Labute approximate surface area is 267 Å². The molecule has 10 nitrogen and oxygen atoms in total. The predicted octanol–water partition coefficient (Wildman–Crippen LogP) is 4.94. The van der Waals surface area contributed by atoms with Gasteiger partial charge in [0, 0.05) is 70.0 Å². The number of phenols is 1. The molecule has 3 heterocycles. The summed E-state index contributed by atoms with van der Waals surface area (Å²) >= 11 is 0. The molecule has 0 radical (unpaired) electrons. The number of nitrogens with one attached hydrogen (secondary N) is 1. The van der Waals surface area contributed by atoms with Gasteiger partial charge >= 0.3 is 12.1 Å². The number of benzene rings is 2. The Morgan fingerprint density at radius 1 is 0.933 bits per heavy atom. The maximum atomic E-state index is 13.9. The monoisotopic (exact) mass is 619 g/mol. The van der Waals surface area contributed by atoms with Crippen LogP contribution in [0.1, 0.15) is 61.8 Å². The van der Waals surface area contributed by atoms with E-state index < -0.39 is 12.2 Å². The third-order valence-corrected chi connectivity index (χ3v) is 9.88. The molecule has 4 amide bonds. The summed E-state index contributed by atoms with van der Waals surface area (Å²) in [6.07, 6.45) is 3.01. The van der Waals surface area contributed by atoms with Crippen molar-refractivity contribution in [2.24, 2.45) is 0 Å². The molecule has 2 saturated heterocycles. The van der Waals surface area contributed by atoms with Crippen molar-refractivity contribution in [2.75, 3.05) is 51.1 Å². The highest BCUT2D eigenvalue weighted by Gasteiger charge is 2.36. The van der Waals surface area contributed by atoms with Gasteiger partial charge in [0.15, 0.2) is 6.10 Å². The van der Waals surface area contributed by atoms with Crippen LogP contribution < -0.4 is 5.32 Å². The van der Waals surface area contributed by atoms with Crippen molar-refractivity contribution in [2.45, 2.75) is 84.4 Å². The fraction of sp³-hybridized carbons (Fsp3) is 0.571. The van der Waals surface area contributed by atoms with Gasteiger partial charge in [0.1, 0.15) is 5.75 Å². The number of piperazine rings is 1. The predicted molar refractivity (Wildman–Crippen MR) is 175 cm³/mol. The number of piperidine rings is 1. The van der Waals surface area contributed by atoms with Crippen LogP contribution in [-0.4, -0.2) is 107 Å². The van der Waals surface area contributed by atoms with E-state index in [1.807, 2.05) is 60.0 Å². The Balaban J connectivity index is 1.23. The van der Waals surface area contributed by atoms with Crippen LogP contribution in [0.15, 0.2) is 36.4 Å². The number of ether oxygens (including phenoxy) is 1. The Hall–Kier alpha value is -3.79. The fourth-order valence-electron chi connectivity index (χ4n) is 7.17. The first-order valence-corrected chi connectivity index (χ1v) is 16.6. The highest BCUT2D eigenvalue weighted by Crippen LogP contribution is 2.27. The maximum Gasteiger partial charge on any atom is 0.410 e. The van der Waals surface area contributed by atoms with E-state index in [9.17, 15) is 19.5 Å². The summed E-state index contributed by atoms with van der Waals surface area (Å²) in [5.74, 6) is 0.0626. The van der Waals surface area contributed by atoms with Gasteiger partial charge in [0.05, 0.1) is 0 Å². The number of carbonyl (C=O) groups is 3. The molecule has 0 spiro atoms. The molecule has 45 heavy (non-hydrogen) atoms. The molecule has 2 aromatic carbocycles. The largest absolute Gasteiger partial charge is 0.507 e. The summed E-state index contributed by atoms with van der Waals surface area (Å²) in [5.41, 5.74) is 4.28. The third-order valence-electron chi connectivity index (χ3n) is 9.88. The van der Waals surface area contributed by atoms with E-state index in [0.29, 0.717) is 51.6 Å². The van der Waals surface area contributed by atoms with Gasteiger partial charge in [0.2, 0.25) is 0 Å². The third kappa shape index (κ3) is 7.54. The van der Waals surface area contributed by atoms with Crippen LogP contribution in [-0.2, 0) is 22.4 Å². The number of anilines is 1. The zero-order chi connectivity index (χ0) is 32.1. The van der Waals surface area contributed by atoms with Gasteiger partial charge in [-0.15, -0.1) is 0 Å². The normalized spacial score (nSPS) is 18.8. The van der Waals surface area contributed by atoms with Crippen molar-refractivity contribution >= 4 is 23.7 Å². The Kier molecular flexibility index (Phi) is 10.5. The molecule has 0 unspecified atom stereocenters. The van der Waals surface area contributed by atoms with Gasteiger partial charge in [-0.05, 0) is 74.3 Å². The number of urea groups is 1. The molecular weight excluding hydrogens is 570 g/mol. The Morgan fingerprint density at radius 2 is 1.58 bits per heavy atom. The average molecular weight is 620 g/mol. The quantitative estimate of drug-likeness (QED) is 0.434. The molecule has 5 rings (SSSR count). The minimum absolute atomic E-state index is 0.0232. The van der Waals surface area contributed by atoms with Crippen LogP contribution >= 0.6 is 0 Å². The number of amides is 4. The SMILES string of the molecule is CCC(CC)N1CCN(C(=O)[C@@H](Cc2cc(C)c(O)c(C)c2)OC(=O)N2CCC(N3CCc4ccccc4NC3=O)CC2)CC1. The fourth-order valence-corrected chi connectivity index (χ4v) is 7.17. The highest BCUT2D eigenvalue weighted by molar-refractivity contribution is 5.91. The van der Waals surface area contributed by atoms with Crippen LogP contribution in [0.3, 0.4) is 0 Å². The van der Waals surface area contributed by atoms with Gasteiger partial charge < -0.3 is 29.9 Å². The molecule has 2 aromatic rings. The Bertz CT molecular complexity index is 1340. The van der Waals surface area contributed by atoms with Crippen LogP contribution in [0, 0.1) is 13.8 Å². The van der Waals surface area contributed by atoms with E-state index >= 15 is 0 Å². The van der Waals surface area contributed by atoms with Gasteiger partial charge in [0.25, 0.3) is 5.91 Å². The summed E-state index contributed by atoms with van der Waals surface area (Å²) in [6, 6.07) is 12.0. The van der Waals surface area contributed by atoms with E-state index in [1.165, 1.54) is 0 Å². The van der Waals surface area contributed by atoms with Crippen LogP contribution in [0.5, 0.6) is 5.75 Å². The number of aromatic hydroxyl groups is 1. The molecular formula is C35H49N5O5. The number of aryl methyl sites for hydroxylation is 2. The van der Waals surface area contributed by atoms with Crippen molar-refractivity contribution in [1.29, 1.82) is 0 Å². The van der Waals surface area contributed by atoms with E-state index in [2.05, 4.69) is 24.1 Å². The number of fused-ring (bicyclic) bond motifs is 1. The van der Waals surface area contributed by atoms with Gasteiger partial charge in [-0.25, -0.2) is 9.59 Å². The first kappa shape index (κ1) is 32.6. The van der Waals surface area contributed by atoms with E-state index in [0.717, 1.165) is 60.3 Å². The van der Waals surface area contributed by atoms with E-state index in [1.54, 1.807) is 4.90 Å². The summed E-state index contributed by atoms with van der Waals surface area (Å²) < 4.78 is 6.03. The minimum Gasteiger partial charge on any atom is -0.507 e. The second-order valence-corrected chi connectivity index (χ2v) is 12.7. The Morgan fingerprint density at radius 3 is 2.22 bits per heavy atom. The molecule has 0 aliphatic carbocycles. The number of rotatable bonds is 8. The first-order valence-electron chi connectivity index (χ1n) is 16.6. The second kappa shape index (κ2) is 14.5. The molecule has 0 bridgehead atoms. The summed E-state index contributed by atoms with van der Waals surface area (Å²) in [5, 5.41) is 13.3. The van der Waals surface area contributed by atoms with Gasteiger partial charge in [-0.3, -0.25) is 9.69 Å². The van der Waals surface area contributed by atoms with Crippen LogP contribution in [0.4, 0.5) is 15.3 Å². The summed E-state index contributed by atoms with van der Waals surface area (Å²) in [4.78, 5) is 48.3. The highest BCUT2D eigenvalue weighted by atomic mass is 16.6. The van der Waals surface area contributed by atoms with E-state index in [-0.39, 0.29) is 30.2 Å². The molecule has 3 aliphatic rings. The molecule has 0 saturated carbocycles. The van der Waals surface area contributed by atoms with Gasteiger partial charge in [-0.2, -0.15) is 0 Å². The second-order valence-electron chi connectivity index (χ2n) is 12.7. The van der Waals surface area contributed by atoms with Crippen molar-refractivity contribution in [3.8, 4) is 5.75 Å². The zero-order valence-corrected chi connectivity index (χ0v) is 27.3. The topological polar surface area (TPSA) is 106 Å². The molecule has 0 aromatic heterocycles. The molecule has 244 valence electrons. The number of nitrogens with zero attached hydrogens (tertiary/aromatic N) is 4. The van der Waals surface area contributed by atoms with E-state index in [4.69, 9.17) is 4.74 Å². The smallest absolute Gasteiger partial charge is 0.410 e. The van der Waals surface area contributed by atoms with Crippen molar-refractivity contribution in [3.05, 3.63) is 58.7 Å². The lowest BCUT2D eigenvalue weighted by Gasteiger charge is -2.40. The molecule has 2 fully saturated rings. The number of carbonyl (C=O) groups excluding carboxylic acids is 3. The number of hydrogen-bond acceptors (Lipinski definition) is 6. The lowest BCUT2D eigenvalue weighted by atomic mass is 10.0. The molecule has 10 heteroatoms. The van der Waals surface area contributed by atoms with Crippen molar-refractivity contribution in [3.63, 3.8) is 0 Å². The van der Waals surface area contributed by atoms with Crippen molar-refractivity contribution in [1.82, 2.24) is 19.6 Å². The maximum absolute atomic E-state index is 13.9. The number of hydrogen-bond donors (Lipinski definition) is 2. The number of likely N-dealkylation sites (tertiary alicyclic amines) is 1. The lowest BCUT2D eigenvalue weighted by Crippen LogP contribution is -2.55. The summed E-state index contributed by atoms with van der Waals surface area (Å²) in [7, 11) is 0. The lowest BCUT2D eigenvalue weighted by molar-refractivity contribution is -0.143. The number of para-hydroxylation sites is 1. The average Bonchev–Trinajstić information content (AvgIpc) is 3.22. The standard InChI is InChI=1S/C35H49N5O5/c1-5-28(6-2)37-17-19-38(20-18-37)33(42)31(23-26-21-24(3)32(41)25(4)22-26)45-35(44)39-14-12-29(13-15-39)40-16-11-27-9-7-8-10-30(27)36-34(40)43/h7-10,21-22,28-29,31,41H,5-6,11-20,23H2,1-4H3,(H,36,43)/t31-/m1/s1. The zero-order valence-electron chi connectivity index (χ0n) is 27.3. The minimum atomic E-state index is -0.965. The molecule has 3 aliphatic heterocycles. The van der Waals surface area contributed by atoms with Crippen LogP contribution in [0.25, 0.3) is 0 Å². The molecule has 2 N–H and O–H groups in total. The first-order chi connectivity index (χ1) is 21.7. The van der Waals surface area contributed by atoms with Crippen molar-refractivity contribution < 1.29 is 24.2 Å².